The molecule has 1 atom stereocenters. The first-order chi connectivity index (χ1) is 9.08. The second-order valence-electron chi connectivity index (χ2n) is 4.36. The molecule has 8 nitrogen and oxygen atoms in total. The van der Waals surface area contributed by atoms with Crippen molar-refractivity contribution in [3.8, 4) is 0 Å². The normalized spacial score (nSPS) is 18.9. The lowest BCUT2D eigenvalue weighted by atomic mass is 10.1. The number of pyridine rings is 1. The van der Waals surface area contributed by atoms with Gasteiger partial charge >= 0.3 is 6.09 Å². The zero-order chi connectivity index (χ0) is 13.8. The van der Waals surface area contributed by atoms with Crippen molar-refractivity contribution >= 4 is 17.5 Å². The molecule has 0 aromatic carbocycles. The summed E-state index contributed by atoms with van der Waals surface area (Å²) >= 11 is 0. The van der Waals surface area contributed by atoms with E-state index in [0.29, 0.717) is 18.8 Å². The van der Waals surface area contributed by atoms with Gasteiger partial charge in [-0.05, 0) is 12.8 Å². The third-order valence-electron chi connectivity index (χ3n) is 3.06. The molecule has 2 N–H and O–H groups in total. The number of hydrogen-bond acceptors (Lipinski definition) is 5. The Morgan fingerprint density at radius 3 is 3.11 bits per heavy atom. The van der Waals surface area contributed by atoms with Gasteiger partial charge in [0.1, 0.15) is 5.69 Å². The fourth-order valence-corrected chi connectivity index (χ4v) is 2.27. The van der Waals surface area contributed by atoms with Crippen LogP contribution in [0, 0.1) is 10.1 Å². The van der Waals surface area contributed by atoms with E-state index < -0.39 is 11.0 Å². The SMILES string of the molecule is O=C(O)NC1CCCN(c2cnccc2[N+](=O)[O-])C1. The van der Waals surface area contributed by atoms with E-state index >= 15 is 0 Å². The van der Waals surface area contributed by atoms with Crippen molar-refractivity contribution in [2.75, 3.05) is 18.0 Å². The Hall–Kier alpha value is -2.38. The van der Waals surface area contributed by atoms with Gasteiger partial charge in [0, 0.05) is 31.4 Å². The fraction of sp³-hybridized carbons (Fsp3) is 0.455. The Morgan fingerprint density at radius 1 is 1.63 bits per heavy atom. The van der Waals surface area contributed by atoms with Crippen molar-refractivity contribution in [3.63, 3.8) is 0 Å². The van der Waals surface area contributed by atoms with E-state index in [1.54, 1.807) is 4.90 Å². The van der Waals surface area contributed by atoms with Crippen LogP contribution in [0.1, 0.15) is 12.8 Å². The van der Waals surface area contributed by atoms with Crippen LogP contribution in [0.4, 0.5) is 16.2 Å². The molecule has 1 unspecified atom stereocenters. The molecule has 0 aliphatic carbocycles. The predicted octanol–water partition coefficient (Wildman–Crippen LogP) is 1.23. The number of carbonyl (C=O) groups is 1. The fourth-order valence-electron chi connectivity index (χ4n) is 2.27. The first-order valence-corrected chi connectivity index (χ1v) is 5.90. The Morgan fingerprint density at radius 2 is 2.42 bits per heavy atom. The van der Waals surface area contributed by atoms with Crippen LogP contribution in [-0.2, 0) is 0 Å². The third kappa shape index (κ3) is 3.09. The van der Waals surface area contributed by atoms with Crippen LogP contribution in [-0.4, -0.2) is 40.2 Å². The van der Waals surface area contributed by atoms with Gasteiger partial charge in [-0.25, -0.2) is 4.79 Å². The van der Waals surface area contributed by atoms with Crippen molar-refractivity contribution in [1.29, 1.82) is 0 Å². The molecule has 0 bridgehead atoms. The van der Waals surface area contributed by atoms with E-state index in [-0.39, 0.29) is 11.7 Å². The largest absolute Gasteiger partial charge is 0.465 e. The summed E-state index contributed by atoms with van der Waals surface area (Å²) < 4.78 is 0. The summed E-state index contributed by atoms with van der Waals surface area (Å²) in [6.45, 7) is 1.07. The molecule has 19 heavy (non-hydrogen) atoms. The highest BCUT2D eigenvalue weighted by Crippen LogP contribution is 2.28. The van der Waals surface area contributed by atoms with Gasteiger partial charge in [-0.1, -0.05) is 0 Å². The Labute approximate surface area is 109 Å². The number of nitrogens with one attached hydrogen (secondary N) is 1. The zero-order valence-corrected chi connectivity index (χ0v) is 10.2. The standard InChI is InChI=1S/C11H14N4O4/c16-11(17)13-8-2-1-5-14(7-8)10-6-12-4-3-9(10)15(18)19/h3-4,6,8,13H,1-2,5,7H2,(H,16,17). The van der Waals surface area contributed by atoms with Gasteiger partial charge in [0.05, 0.1) is 11.1 Å². The number of nitrogens with zero attached hydrogens (tertiary/aromatic N) is 3. The molecule has 1 aromatic heterocycles. The van der Waals surface area contributed by atoms with Crippen LogP contribution in [0.25, 0.3) is 0 Å². The highest BCUT2D eigenvalue weighted by molar-refractivity contribution is 5.66. The van der Waals surface area contributed by atoms with Crippen LogP contribution < -0.4 is 10.2 Å². The maximum atomic E-state index is 11.0. The number of carboxylic acid groups (broad SMARTS) is 1. The van der Waals surface area contributed by atoms with Gasteiger partial charge in [-0.15, -0.1) is 0 Å². The highest BCUT2D eigenvalue weighted by Gasteiger charge is 2.26. The van der Waals surface area contributed by atoms with E-state index in [4.69, 9.17) is 5.11 Å². The molecular formula is C11H14N4O4. The predicted molar refractivity (Wildman–Crippen MR) is 67.3 cm³/mol. The summed E-state index contributed by atoms with van der Waals surface area (Å²) in [5.74, 6) is 0. The van der Waals surface area contributed by atoms with E-state index in [0.717, 1.165) is 12.8 Å². The lowest BCUT2D eigenvalue weighted by Crippen LogP contribution is -2.47. The van der Waals surface area contributed by atoms with Crippen molar-refractivity contribution in [2.45, 2.75) is 18.9 Å². The molecule has 1 aliphatic rings. The summed E-state index contributed by atoms with van der Waals surface area (Å²) in [4.78, 5) is 26.9. The zero-order valence-electron chi connectivity index (χ0n) is 10.2. The minimum atomic E-state index is -1.08. The number of anilines is 1. The van der Waals surface area contributed by atoms with Gasteiger partial charge in [0.2, 0.25) is 0 Å². The van der Waals surface area contributed by atoms with Gasteiger partial charge in [0.25, 0.3) is 5.69 Å². The Kier molecular flexibility index (Phi) is 3.79. The molecule has 1 aromatic rings. The maximum absolute atomic E-state index is 11.0. The molecule has 0 radical (unpaired) electrons. The molecular weight excluding hydrogens is 252 g/mol. The number of piperidine rings is 1. The van der Waals surface area contributed by atoms with E-state index in [1.165, 1.54) is 18.5 Å². The first-order valence-electron chi connectivity index (χ1n) is 5.90. The average molecular weight is 266 g/mol. The van der Waals surface area contributed by atoms with Crippen molar-refractivity contribution in [3.05, 3.63) is 28.6 Å². The molecule has 1 fully saturated rings. The topological polar surface area (TPSA) is 109 Å². The Balaban J connectivity index is 2.17. The number of rotatable bonds is 3. The van der Waals surface area contributed by atoms with Gasteiger partial charge in [-0.3, -0.25) is 15.1 Å². The second-order valence-corrected chi connectivity index (χ2v) is 4.36. The highest BCUT2D eigenvalue weighted by atomic mass is 16.6. The Bertz CT molecular complexity index is 493. The smallest absolute Gasteiger partial charge is 0.404 e. The van der Waals surface area contributed by atoms with Gasteiger partial charge in [-0.2, -0.15) is 0 Å². The first kappa shape index (κ1) is 13.1. The van der Waals surface area contributed by atoms with Crippen molar-refractivity contribution in [1.82, 2.24) is 10.3 Å². The van der Waals surface area contributed by atoms with Crippen LogP contribution in [0.2, 0.25) is 0 Å². The summed E-state index contributed by atoms with van der Waals surface area (Å²) in [5.41, 5.74) is 0.426. The molecule has 1 saturated heterocycles. The minimum absolute atomic E-state index is 0.00836. The summed E-state index contributed by atoms with van der Waals surface area (Å²) in [7, 11) is 0. The van der Waals surface area contributed by atoms with Crippen molar-refractivity contribution < 1.29 is 14.8 Å². The van der Waals surface area contributed by atoms with E-state index in [1.807, 2.05) is 0 Å². The molecule has 1 amide bonds. The van der Waals surface area contributed by atoms with Crippen molar-refractivity contribution in [2.24, 2.45) is 0 Å². The molecule has 8 heteroatoms. The molecule has 0 saturated carbocycles. The quantitative estimate of drug-likeness (QED) is 0.629. The van der Waals surface area contributed by atoms with E-state index in [2.05, 4.69) is 10.3 Å². The van der Waals surface area contributed by atoms with Crippen LogP contribution >= 0.6 is 0 Å². The number of nitro groups is 1. The third-order valence-corrected chi connectivity index (χ3v) is 3.06. The maximum Gasteiger partial charge on any atom is 0.404 e. The molecule has 0 spiro atoms. The summed E-state index contributed by atoms with van der Waals surface area (Å²) in [6.07, 6.45) is 3.25. The van der Waals surface area contributed by atoms with Crippen LogP contribution in [0.5, 0.6) is 0 Å². The lowest BCUT2D eigenvalue weighted by Gasteiger charge is -2.33. The van der Waals surface area contributed by atoms with Crippen LogP contribution in [0.3, 0.4) is 0 Å². The van der Waals surface area contributed by atoms with E-state index in [9.17, 15) is 14.9 Å². The monoisotopic (exact) mass is 266 g/mol. The number of aromatic nitrogens is 1. The average Bonchev–Trinajstić information content (AvgIpc) is 2.38. The molecule has 102 valence electrons. The molecule has 2 heterocycles. The number of hydrogen-bond donors (Lipinski definition) is 2. The lowest BCUT2D eigenvalue weighted by molar-refractivity contribution is -0.384. The minimum Gasteiger partial charge on any atom is -0.465 e. The molecule has 1 aliphatic heterocycles. The van der Waals surface area contributed by atoms with Gasteiger partial charge < -0.3 is 15.3 Å². The molecule has 2 rings (SSSR count). The summed E-state index contributed by atoms with van der Waals surface area (Å²) in [5, 5.41) is 22.1. The van der Waals surface area contributed by atoms with Crippen LogP contribution in [0.15, 0.2) is 18.5 Å². The second kappa shape index (κ2) is 5.51. The number of amides is 1. The summed E-state index contributed by atoms with van der Waals surface area (Å²) in [6, 6.07) is 1.13. The van der Waals surface area contributed by atoms with Gasteiger partial charge in [0.15, 0.2) is 0 Å².